The summed E-state index contributed by atoms with van der Waals surface area (Å²) < 4.78 is 15.2. The molecule has 4 heteroatoms. The van der Waals surface area contributed by atoms with Crippen molar-refractivity contribution in [1.29, 1.82) is 0 Å². The smallest absolute Gasteiger partial charge is 0.182 e. The van der Waals surface area contributed by atoms with E-state index in [0.717, 1.165) is 41.5 Å². The normalized spacial score (nSPS) is 19.2. The molecule has 3 rings (SSSR count). The third kappa shape index (κ3) is 1.87. The molecule has 1 fully saturated rings. The van der Waals surface area contributed by atoms with Crippen molar-refractivity contribution in [2.45, 2.75) is 25.8 Å². The van der Waals surface area contributed by atoms with Crippen molar-refractivity contribution in [2.75, 3.05) is 6.54 Å². The first-order valence-corrected chi connectivity index (χ1v) is 6.61. The largest absolute Gasteiger partial charge is 0.347 e. The average Bonchev–Trinajstić information content (AvgIpc) is 2.99. The van der Waals surface area contributed by atoms with Gasteiger partial charge in [-0.3, -0.25) is 4.79 Å². The first-order chi connectivity index (χ1) is 9.09. The number of rotatable bonds is 2. The van der Waals surface area contributed by atoms with E-state index >= 15 is 0 Å². The van der Waals surface area contributed by atoms with Crippen LogP contribution in [0.15, 0.2) is 18.2 Å². The first kappa shape index (κ1) is 12.4. The summed E-state index contributed by atoms with van der Waals surface area (Å²) in [5.74, 6) is -0.140. The Hall–Kier alpha value is -1.68. The van der Waals surface area contributed by atoms with Crippen LogP contribution in [0.1, 0.15) is 28.9 Å². The van der Waals surface area contributed by atoms with Crippen LogP contribution in [-0.4, -0.2) is 22.9 Å². The maximum absolute atomic E-state index is 13.3. The van der Waals surface area contributed by atoms with Gasteiger partial charge in [-0.15, -0.1) is 0 Å². The van der Waals surface area contributed by atoms with Gasteiger partial charge in [-0.2, -0.15) is 0 Å². The highest BCUT2D eigenvalue weighted by atomic mass is 19.1. The van der Waals surface area contributed by atoms with E-state index in [1.807, 2.05) is 18.5 Å². The van der Waals surface area contributed by atoms with E-state index in [1.54, 1.807) is 6.07 Å². The summed E-state index contributed by atoms with van der Waals surface area (Å²) in [6.45, 7) is 2.81. The van der Waals surface area contributed by atoms with Gasteiger partial charge in [-0.1, -0.05) is 0 Å². The standard InChI is InChI=1S/C15H17FN2O/c1-9-14(15(19)12-4-3-7-17-12)11-6-5-10(16)8-13(11)18(9)2/h5-6,8,12,17H,3-4,7H2,1-2H3. The molecule has 0 aliphatic carbocycles. The fourth-order valence-electron chi connectivity index (χ4n) is 2.93. The molecule has 1 atom stereocenters. The molecule has 0 saturated carbocycles. The number of aromatic nitrogens is 1. The van der Waals surface area contributed by atoms with Crippen LogP contribution in [0.3, 0.4) is 0 Å². The Balaban J connectivity index is 2.17. The van der Waals surface area contributed by atoms with Gasteiger partial charge in [0.2, 0.25) is 0 Å². The molecule has 1 aromatic heterocycles. The molecule has 3 nitrogen and oxygen atoms in total. The molecule has 2 heterocycles. The quantitative estimate of drug-likeness (QED) is 0.842. The number of Topliss-reactive ketones (excluding diaryl/α,β-unsaturated/α-hetero) is 1. The summed E-state index contributed by atoms with van der Waals surface area (Å²) in [5, 5.41) is 4.08. The molecular weight excluding hydrogens is 243 g/mol. The third-order valence-electron chi connectivity index (χ3n) is 4.08. The molecule has 1 N–H and O–H groups in total. The van der Waals surface area contributed by atoms with E-state index in [4.69, 9.17) is 0 Å². The lowest BCUT2D eigenvalue weighted by Gasteiger charge is -2.09. The van der Waals surface area contributed by atoms with Crippen LogP contribution in [0.25, 0.3) is 10.9 Å². The summed E-state index contributed by atoms with van der Waals surface area (Å²) in [6, 6.07) is 4.52. The van der Waals surface area contributed by atoms with Crippen LogP contribution in [-0.2, 0) is 7.05 Å². The van der Waals surface area contributed by atoms with Gasteiger partial charge in [0.05, 0.1) is 11.6 Å². The second kappa shape index (κ2) is 4.46. The molecule has 1 aromatic carbocycles. The minimum Gasteiger partial charge on any atom is -0.347 e. The van der Waals surface area contributed by atoms with E-state index < -0.39 is 0 Å². The predicted octanol–water partition coefficient (Wildman–Crippen LogP) is 2.56. The van der Waals surface area contributed by atoms with Crippen LogP contribution >= 0.6 is 0 Å². The molecule has 0 bridgehead atoms. The number of benzene rings is 1. The van der Waals surface area contributed by atoms with E-state index in [9.17, 15) is 9.18 Å². The number of halogens is 1. The monoisotopic (exact) mass is 260 g/mol. The predicted molar refractivity (Wildman–Crippen MR) is 73.0 cm³/mol. The minimum absolute atomic E-state index is 0.0886. The summed E-state index contributed by atoms with van der Waals surface area (Å²) >= 11 is 0. The molecule has 19 heavy (non-hydrogen) atoms. The van der Waals surface area contributed by atoms with Gasteiger partial charge in [-0.05, 0) is 44.5 Å². The number of ketones is 1. The van der Waals surface area contributed by atoms with Crippen molar-refractivity contribution < 1.29 is 9.18 Å². The van der Waals surface area contributed by atoms with Crippen LogP contribution in [0, 0.1) is 12.7 Å². The van der Waals surface area contributed by atoms with E-state index in [2.05, 4.69) is 5.32 Å². The Morgan fingerprint density at radius 2 is 2.26 bits per heavy atom. The summed E-state index contributed by atoms with van der Waals surface area (Å²) in [6.07, 6.45) is 1.92. The number of hydrogen-bond donors (Lipinski definition) is 1. The molecular formula is C15H17FN2O. The van der Waals surface area contributed by atoms with E-state index in [-0.39, 0.29) is 17.6 Å². The van der Waals surface area contributed by atoms with Gasteiger partial charge < -0.3 is 9.88 Å². The molecule has 0 radical (unpaired) electrons. The molecule has 1 aliphatic rings. The zero-order chi connectivity index (χ0) is 13.6. The van der Waals surface area contributed by atoms with Crippen molar-refractivity contribution >= 4 is 16.7 Å². The zero-order valence-corrected chi connectivity index (χ0v) is 11.2. The Labute approximate surface area is 111 Å². The topological polar surface area (TPSA) is 34.0 Å². The van der Waals surface area contributed by atoms with Crippen molar-refractivity contribution in [3.8, 4) is 0 Å². The van der Waals surface area contributed by atoms with Crippen LogP contribution < -0.4 is 5.32 Å². The number of nitrogens with one attached hydrogen (secondary N) is 1. The molecule has 1 aliphatic heterocycles. The lowest BCUT2D eigenvalue weighted by Crippen LogP contribution is -2.31. The number of carbonyl (C=O) groups excluding carboxylic acids is 1. The maximum atomic E-state index is 13.3. The van der Waals surface area contributed by atoms with Crippen molar-refractivity contribution in [3.63, 3.8) is 0 Å². The molecule has 0 amide bonds. The molecule has 1 unspecified atom stereocenters. The average molecular weight is 260 g/mol. The third-order valence-corrected chi connectivity index (χ3v) is 4.08. The second-order valence-electron chi connectivity index (χ2n) is 5.19. The SMILES string of the molecule is Cc1c(C(=O)C2CCCN2)c2ccc(F)cc2n1C. The van der Waals surface area contributed by atoms with Crippen molar-refractivity contribution in [1.82, 2.24) is 9.88 Å². The van der Waals surface area contributed by atoms with Gasteiger partial charge in [0.1, 0.15) is 5.82 Å². The van der Waals surface area contributed by atoms with Crippen molar-refractivity contribution in [3.05, 3.63) is 35.3 Å². The van der Waals surface area contributed by atoms with Gasteiger partial charge in [0.15, 0.2) is 5.78 Å². The Morgan fingerprint density at radius 1 is 1.47 bits per heavy atom. The molecule has 1 saturated heterocycles. The minimum atomic E-state index is -0.272. The van der Waals surface area contributed by atoms with Gasteiger partial charge in [0, 0.05) is 23.7 Å². The molecule has 2 aromatic rings. The molecule has 100 valence electrons. The summed E-state index contributed by atoms with van der Waals surface area (Å²) in [7, 11) is 1.87. The Bertz CT molecular complexity index is 654. The summed E-state index contributed by atoms with van der Waals surface area (Å²) in [5.41, 5.74) is 2.41. The lowest BCUT2D eigenvalue weighted by molar-refractivity contribution is 0.0953. The van der Waals surface area contributed by atoms with Crippen LogP contribution in [0.5, 0.6) is 0 Å². The first-order valence-electron chi connectivity index (χ1n) is 6.61. The van der Waals surface area contributed by atoms with E-state index in [0.29, 0.717) is 0 Å². The Kier molecular flexibility index (Phi) is 2.90. The number of aryl methyl sites for hydroxylation is 1. The fourth-order valence-corrected chi connectivity index (χ4v) is 2.93. The number of fused-ring (bicyclic) bond motifs is 1. The van der Waals surface area contributed by atoms with Crippen molar-refractivity contribution in [2.24, 2.45) is 7.05 Å². The second-order valence-corrected chi connectivity index (χ2v) is 5.19. The lowest BCUT2D eigenvalue weighted by atomic mass is 10.00. The summed E-state index contributed by atoms with van der Waals surface area (Å²) in [4.78, 5) is 12.6. The highest BCUT2D eigenvalue weighted by Gasteiger charge is 2.27. The van der Waals surface area contributed by atoms with E-state index in [1.165, 1.54) is 12.1 Å². The highest BCUT2D eigenvalue weighted by molar-refractivity contribution is 6.11. The van der Waals surface area contributed by atoms with Crippen LogP contribution in [0.2, 0.25) is 0 Å². The van der Waals surface area contributed by atoms with Gasteiger partial charge in [0.25, 0.3) is 0 Å². The number of nitrogens with zero attached hydrogens (tertiary/aromatic N) is 1. The maximum Gasteiger partial charge on any atom is 0.182 e. The Morgan fingerprint density at radius 3 is 2.95 bits per heavy atom. The van der Waals surface area contributed by atoms with Gasteiger partial charge in [-0.25, -0.2) is 4.39 Å². The van der Waals surface area contributed by atoms with Gasteiger partial charge >= 0.3 is 0 Å². The van der Waals surface area contributed by atoms with Crippen LogP contribution in [0.4, 0.5) is 4.39 Å². The number of hydrogen-bond acceptors (Lipinski definition) is 2. The zero-order valence-electron chi connectivity index (χ0n) is 11.2. The highest BCUT2D eigenvalue weighted by Crippen LogP contribution is 2.28. The molecule has 0 spiro atoms. The number of carbonyl (C=O) groups is 1. The fraction of sp³-hybridized carbons (Fsp3) is 0.400.